The van der Waals surface area contributed by atoms with Gasteiger partial charge in [-0.3, -0.25) is 4.79 Å². The van der Waals surface area contributed by atoms with Crippen LogP contribution in [-0.4, -0.2) is 16.0 Å². The molecule has 2 aromatic heterocycles. The minimum absolute atomic E-state index is 0.0183. The largest absolute Gasteiger partial charge is 0.410 e. The fourth-order valence-corrected chi connectivity index (χ4v) is 4.34. The Bertz CT molecular complexity index is 1070. The molecule has 28 heavy (non-hydrogen) atoms. The first kappa shape index (κ1) is 18.7. The van der Waals surface area contributed by atoms with Gasteiger partial charge in [0.2, 0.25) is 0 Å². The number of benzene rings is 2. The number of aromatic nitrogens is 2. The van der Waals surface area contributed by atoms with E-state index in [0.717, 1.165) is 21.6 Å². The number of thiophene rings is 1. The second-order valence-electron chi connectivity index (χ2n) is 6.49. The van der Waals surface area contributed by atoms with Gasteiger partial charge < -0.3 is 4.42 Å². The third-order valence-electron chi connectivity index (χ3n) is 4.31. The van der Waals surface area contributed by atoms with Gasteiger partial charge in [0.1, 0.15) is 5.25 Å². The predicted octanol–water partition coefficient (Wildman–Crippen LogP) is 6.13. The van der Waals surface area contributed by atoms with E-state index in [1.54, 1.807) is 0 Å². The van der Waals surface area contributed by atoms with Crippen LogP contribution in [0.15, 0.2) is 75.7 Å². The van der Waals surface area contributed by atoms with Crippen LogP contribution in [0.1, 0.15) is 32.3 Å². The Morgan fingerprint density at radius 3 is 2.29 bits per heavy atom. The summed E-state index contributed by atoms with van der Waals surface area (Å²) in [7, 11) is 0. The second kappa shape index (κ2) is 8.12. The first-order valence-corrected chi connectivity index (χ1v) is 10.6. The molecule has 0 aliphatic heterocycles. The molecule has 0 aliphatic carbocycles. The van der Waals surface area contributed by atoms with Gasteiger partial charge in [0.05, 0.1) is 4.88 Å². The summed E-state index contributed by atoms with van der Waals surface area (Å²) >= 11 is 2.83. The van der Waals surface area contributed by atoms with Crippen LogP contribution >= 0.6 is 23.1 Å². The first-order chi connectivity index (χ1) is 13.6. The zero-order valence-corrected chi connectivity index (χ0v) is 17.1. The summed E-state index contributed by atoms with van der Waals surface area (Å²) < 4.78 is 5.81. The minimum atomic E-state index is -0.458. The number of hydrogen-bond acceptors (Lipinski definition) is 6. The molecule has 0 N–H and O–H groups in total. The first-order valence-electron chi connectivity index (χ1n) is 8.81. The smallest absolute Gasteiger partial charge is 0.277 e. The van der Waals surface area contributed by atoms with Crippen molar-refractivity contribution in [2.75, 3.05) is 0 Å². The molecule has 4 aromatic rings. The predicted molar refractivity (Wildman–Crippen MR) is 113 cm³/mol. The highest BCUT2D eigenvalue weighted by Crippen LogP contribution is 2.38. The summed E-state index contributed by atoms with van der Waals surface area (Å²) in [4.78, 5) is 14.2. The van der Waals surface area contributed by atoms with Crippen molar-refractivity contribution in [3.05, 3.63) is 88.3 Å². The number of hydrogen-bond donors (Lipinski definition) is 0. The van der Waals surface area contributed by atoms with Gasteiger partial charge in [0.25, 0.3) is 11.1 Å². The molecule has 140 valence electrons. The van der Waals surface area contributed by atoms with Crippen molar-refractivity contribution >= 4 is 28.9 Å². The fraction of sp³-hybridized carbons (Fsp3) is 0.136. The van der Waals surface area contributed by atoms with Crippen molar-refractivity contribution < 1.29 is 9.21 Å². The maximum absolute atomic E-state index is 13.3. The third-order valence-corrected chi connectivity index (χ3v) is 6.26. The molecule has 1 atom stereocenters. The van der Waals surface area contributed by atoms with Gasteiger partial charge in [0, 0.05) is 5.56 Å². The van der Waals surface area contributed by atoms with E-state index >= 15 is 0 Å². The van der Waals surface area contributed by atoms with Gasteiger partial charge in [-0.05, 0) is 42.6 Å². The average molecular weight is 407 g/mol. The lowest BCUT2D eigenvalue weighted by Gasteiger charge is -2.14. The zero-order chi connectivity index (χ0) is 19.5. The molecule has 0 unspecified atom stereocenters. The summed E-state index contributed by atoms with van der Waals surface area (Å²) in [5.74, 6) is 0.493. The lowest BCUT2D eigenvalue weighted by atomic mass is 10.0. The van der Waals surface area contributed by atoms with Crippen LogP contribution in [0, 0.1) is 13.8 Å². The van der Waals surface area contributed by atoms with Crippen molar-refractivity contribution in [3.63, 3.8) is 0 Å². The van der Waals surface area contributed by atoms with Crippen LogP contribution in [-0.2, 0) is 0 Å². The molecular formula is C22H18N2O2S2. The summed E-state index contributed by atoms with van der Waals surface area (Å²) in [6.07, 6.45) is 0. The van der Waals surface area contributed by atoms with Crippen LogP contribution in [0.25, 0.3) is 10.8 Å². The lowest BCUT2D eigenvalue weighted by Crippen LogP contribution is -2.10. The highest BCUT2D eigenvalue weighted by molar-refractivity contribution is 8.00. The van der Waals surface area contributed by atoms with Gasteiger partial charge >= 0.3 is 0 Å². The summed E-state index contributed by atoms with van der Waals surface area (Å²) in [5.41, 5.74) is 3.85. The maximum atomic E-state index is 13.3. The summed E-state index contributed by atoms with van der Waals surface area (Å²) in [6.45, 7) is 4.03. The Morgan fingerprint density at radius 2 is 1.64 bits per heavy atom. The highest BCUT2D eigenvalue weighted by atomic mass is 32.2. The third kappa shape index (κ3) is 4.08. The number of aryl methyl sites for hydroxylation is 2. The van der Waals surface area contributed by atoms with Crippen molar-refractivity contribution in [2.45, 2.75) is 24.3 Å². The van der Waals surface area contributed by atoms with E-state index in [1.165, 1.54) is 23.1 Å². The van der Waals surface area contributed by atoms with Crippen LogP contribution in [0.4, 0.5) is 0 Å². The molecule has 0 amide bonds. The fourth-order valence-electron chi connectivity index (χ4n) is 2.74. The molecular weight excluding hydrogens is 388 g/mol. The van der Waals surface area contributed by atoms with Crippen molar-refractivity contribution in [1.82, 2.24) is 10.2 Å². The van der Waals surface area contributed by atoms with Gasteiger partial charge in [-0.2, -0.15) is 0 Å². The zero-order valence-electron chi connectivity index (χ0n) is 15.5. The summed E-state index contributed by atoms with van der Waals surface area (Å²) in [6, 6.07) is 19.5. The number of thioether (sulfide) groups is 1. The molecule has 2 heterocycles. The second-order valence-corrected chi connectivity index (χ2v) is 8.49. The van der Waals surface area contributed by atoms with Gasteiger partial charge in [-0.1, -0.05) is 65.7 Å². The van der Waals surface area contributed by atoms with E-state index in [-0.39, 0.29) is 5.78 Å². The number of carbonyl (C=O) groups is 1. The Kier molecular flexibility index (Phi) is 5.41. The molecule has 6 heteroatoms. The van der Waals surface area contributed by atoms with Crippen LogP contribution < -0.4 is 0 Å². The van der Waals surface area contributed by atoms with Crippen LogP contribution in [0.2, 0.25) is 0 Å². The topological polar surface area (TPSA) is 56.0 Å². The van der Waals surface area contributed by atoms with Gasteiger partial charge in [-0.25, -0.2) is 0 Å². The monoisotopic (exact) mass is 406 g/mol. The molecule has 0 saturated carbocycles. The lowest BCUT2D eigenvalue weighted by molar-refractivity contribution is 0.0989. The molecule has 0 saturated heterocycles. The van der Waals surface area contributed by atoms with Gasteiger partial charge in [0.15, 0.2) is 5.78 Å². The van der Waals surface area contributed by atoms with E-state index in [0.29, 0.717) is 16.7 Å². The quantitative estimate of drug-likeness (QED) is 0.285. The molecule has 0 spiro atoms. The molecule has 0 aliphatic rings. The Morgan fingerprint density at radius 1 is 0.964 bits per heavy atom. The molecule has 0 fully saturated rings. The normalized spacial score (nSPS) is 12.1. The maximum Gasteiger partial charge on any atom is 0.277 e. The van der Waals surface area contributed by atoms with Crippen LogP contribution in [0.3, 0.4) is 0 Å². The number of rotatable bonds is 6. The van der Waals surface area contributed by atoms with E-state index in [2.05, 4.69) is 10.2 Å². The molecule has 4 rings (SSSR count). The minimum Gasteiger partial charge on any atom is -0.410 e. The SMILES string of the molecule is Cc1ccc(C(=O)[C@H](Sc2nnc(-c3cccs3)o2)c2ccc(C)cc2)cc1. The number of carbonyl (C=O) groups excluding carboxylic acids is 1. The standard InChI is InChI=1S/C22H18N2O2S2/c1-14-5-9-16(10-6-14)19(25)20(17-11-7-15(2)8-12-17)28-22-24-23-21(26-22)18-4-3-13-27-18/h3-13,20H,1-2H3/t20-/m1/s1. The van der Waals surface area contributed by atoms with Crippen molar-refractivity contribution in [3.8, 4) is 10.8 Å². The number of ketones is 1. The van der Waals surface area contributed by atoms with E-state index < -0.39 is 5.25 Å². The molecule has 0 bridgehead atoms. The molecule has 4 nitrogen and oxygen atoms in total. The van der Waals surface area contributed by atoms with E-state index in [9.17, 15) is 4.79 Å². The highest BCUT2D eigenvalue weighted by Gasteiger charge is 2.26. The number of nitrogens with zero attached hydrogens (tertiary/aromatic N) is 2. The van der Waals surface area contributed by atoms with E-state index in [4.69, 9.17) is 4.42 Å². The molecule has 2 aromatic carbocycles. The Hall–Kier alpha value is -2.70. The summed E-state index contributed by atoms with van der Waals surface area (Å²) in [5, 5.41) is 10.2. The Labute approximate surface area is 171 Å². The van der Waals surface area contributed by atoms with Crippen molar-refractivity contribution in [2.24, 2.45) is 0 Å². The number of Topliss-reactive ketones (excluding diaryl/α,β-unsaturated/α-hetero) is 1. The van der Waals surface area contributed by atoms with Crippen LogP contribution in [0.5, 0.6) is 0 Å². The van der Waals surface area contributed by atoms with E-state index in [1.807, 2.05) is 79.9 Å². The van der Waals surface area contributed by atoms with Crippen molar-refractivity contribution in [1.29, 1.82) is 0 Å². The van der Waals surface area contributed by atoms with Gasteiger partial charge in [-0.15, -0.1) is 21.5 Å². The average Bonchev–Trinajstić information content (AvgIpc) is 3.39. The molecule has 0 radical (unpaired) electrons. The Balaban J connectivity index is 1.66.